The Morgan fingerprint density at radius 3 is 2.76 bits per heavy atom. The minimum atomic E-state index is -0.000933. The highest BCUT2D eigenvalue weighted by molar-refractivity contribution is 9.10. The van der Waals surface area contributed by atoms with Crippen molar-refractivity contribution in [3.8, 4) is 5.75 Å². The molecule has 0 saturated heterocycles. The number of nitrogens with one attached hydrogen (secondary N) is 2. The van der Waals surface area contributed by atoms with Gasteiger partial charge in [0.1, 0.15) is 5.75 Å². The first kappa shape index (κ1) is 14.0. The van der Waals surface area contributed by atoms with E-state index in [2.05, 4.69) is 26.6 Å². The molecule has 1 rings (SSSR count). The molecular weight excluding hydrogens is 284 g/mol. The van der Waals surface area contributed by atoms with Gasteiger partial charge in [-0.1, -0.05) is 6.07 Å². The topological polar surface area (TPSA) is 50.4 Å². The van der Waals surface area contributed by atoms with Crippen LogP contribution in [0.15, 0.2) is 22.7 Å². The van der Waals surface area contributed by atoms with Crippen LogP contribution >= 0.6 is 15.9 Å². The summed E-state index contributed by atoms with van der Waals surface area (Å²) in [6.45, 7) is 3.68. The van der Waals surface area contributed by atoms with Gasteiger partial charge in [-0.05, 0) is 33.6 Å². The molecule has 0 aromatic heterocycles. The van der Waals surface area contributed by atoms with Crippen molar-refractivity contribution in [1.82, 2.24) is 10.6 Å². The number of halogens is 1. The maximum Gasteiger partial charge on any atom is 0.216 e. The van der Waals surface area contributed by atoms with Gasteiger partial charge in [0.25, 0.3) is 0 Å². The molecule has 1 aromatic rings. The molecule has 0 heterocycles. The Morgan fingerprint density at radius 2 is 2.18 bits per heavy atom. The molecule has 0 aliphatic rings. The third-order valence-corrected chi connectivity index (χ3v) is 2.84. The predicted molar refractivity (Wildman–Crippen MR) is 71.1 cm³/mol. The van der Waals surface area contributed by atoms with E-state index < -0.39 is 0 Å². The summed E-state index contributed by atoms with van der Waals surface area (Å²) in [5.41, 5.74) is 1.17. The SMILES string of the molecule is COc1ccc(CNCCNC(C)=O)cc1Br. The van der Waals surface area contributed by atoms with Gasteiger partial charge in [0.15, 0.2) is 0 Å². The predicted octanol–water partition coefficient (Wildman–Crippen LogP) is 1.68. The number of rotatable bonds is 6. The monoisotopic (exact) mass is 300 g/mol. The Morgan fingerprint density at radius 1 is 1.41 bits per heavy atom. The molecule has 4 nitrogen and oxygen atoms in total. The van der Waals surface area contributed by atoms with Crippen LogP contribution in [0.4, 0.5) is 0 Å². The van der Waals surface area contributed by atoms with Gasteiger partial charge in [-0.25, -0.2) is 0 Å². The van der Waals surface area contributed by atoms with Crippen molar-refractivity contribution in [2.45, 2.75) is 13.5 Å². The van der Waals surface area contributed by atoms with Gasteiger partial charge in [-0.15, -0.1) is 0 Å². The van der Waals surface area contributed by atoms with Crippen LogP contribution in [-0.2, 0) is 11.3 Å². The van der Waals surface area contributed by atoms with Crippen LogP contribution in [0.2, 0.25) is 0 Å². The first-order valence-corrected chi connectivity index (χ1v) is 6.20. The number of carbonyl (C=O) groups excluding carboxylic acids is 1. The molecular formula is C12H17BrN2O2. The van der Waals surface area contributed by atoms with E-state index in [1.807, 2.05) is 18.2 Å². The molecule has 0 spiro atoms. The van der Waals surface area contributed by atoms with Crippen LogP contribution in [-0.4, -0.2) is 26.1 Å². The Hall–Kier alpha value is -1.07. The Balaban J connectivity index is 2.32. The minimum Gasteiger partial charge on any atom is -0.496 e. The fourth-order valence-electron chi connectivity index (χ4n) is 1.38. The van der Waals surface area contributed by atoms with Crippen molar-refractivity contribution < 1.29 is 9.53 Å². The Bertz CT molecular complexity index is 383. The summed E-state index contributed by atoms with van der Waals surface area (Å²) in [5, 5.41) is 5.98. The van der Waals surface area contributed by atoms with E-state index in [0.717, 1.165) is 23.3 Å². The fraction of sp³-hybridized carbons (Fsp3) is 0.417. The summed E-state index contributed by atoms with van der Waals surface area (Å²) in [7, 11) is 1.64. The summed E-state index contributed by atoms with van der Waals surface area (Å²) < 4.78 is 6.10. The zero-order chi connectivity index (χ0) is 12.7. The van der Waals surface area contributed by atoms with Gasteiger partial charge in [-0.2, -0.15) is 0 Å². The quantitative estimate of drug-likeness (QED) is 0.786. The molecule has 17 heavy (non-hydrogen) atoms. The molecule has 94 valence electrons. The fourth-order valence-corrected chi connectivity index (χ4v) is 1.97. The largest absolute Gasteiger partial charge is 0.496 e. The molecule has 0 fully saturated rings. The standard InChI is InChI=1S/C12H17BrN2O2/c1-9(16)15-6-5-14-8-10-3-4-12(17-2)11(13)7-10/h3-4,7,14H,5-6,8H2,1-2H3,(H,15,16). The number of carbonyl (C=O) groups is 1. The van der Waals surface area contributed by atoms with Crippen LogP contribution in [0.3, 0.4) is 0 Å². The number of methoxy groups -OCH3 is 1. The molecule has 0 unspecified atom stereocenters. The number of ether oxygens (including phenoxy) is 1. The van der Waals surface area contributed by atoms with Crippen LogP contribution in [0.1, 0.15) is 12.5 Å². The van der Waals surface area contributed by atoms with Crippen molar-refractivity contribution in [1.29, 1.82) is 0 Å². The van der Waals surface area contributed by atoms with E-state index in [1.165, 1.54) is 12.5 Å². The molecule has 0 aliphatic carbocycles. The van der Waals surface area contributed by atoms with Crippen molar-refractivity contribution in [2.75, 3.05) is 20.2 Å². The van der Waals surface area contributed by atoms with Gasteiger partial charge in [0.05, 0.1) is 11.6 Å². The number of benzene rings is 1. The van der Waals surface area contributed by atoms with Gasteiger partial charge in [0, 0.05) is 26.6 Å². The molecule has 0 radical (unpaired) electrons. The summed E-state index contributed by atoms with van der Waals surface area (Å²) in [6, 6.07) is 5.95. The van der Waals surface area contributed by atoms with E-state index in [1.54, 1.807) is 7.11 Å². The lowest BCUT2D eigenvalue weighted by Gasteiger charge is -2.08. The lowest BCUT2D eigenvalue weighted by Crippen LogP contribution is -2.29. The van der Waals surface area contributed by atoms with Crippen LogP contribution < -0.4 is 15.4 Å². The summed E-state index contributed by atoms with van der Waals surface area (Å²) in [4.78, 5) is 10.6. The van der Waals surface area contributed by atoms with Crippen molar-refractivity contribution in [3.05, 3.63) is 28.2 Å². The zero-order valence-electron chi connectivity index (χ0n) is 10.0. The lowest BCUT2D eigenvalue weighted by atomic mass is 10.2. The second-order valence-electron chi connectivity index (χ2n) is 3.63. The number of hydrogen-bond acceptors (Lipinski definition) is 3. The van der Waals surface area contributed by atoms with Gasteiger partial charge >= 0.3 is 0 Å². The minimum absolute atomic E-state index is 0.000933. The summed E-state index contributed by atoms with van der Waals surface area (Å²) in [5.74, 6) is 0.825. The molecule has 0 atom stereocenters. The van der Waals surface area contributed by atoms with E-state index in [9.17, 15) is 4.79 Å². The molecule has 0 aliphatic heterocycles. The summed E-state index contributed by atoms with van der Waals surface area (Å²) >= 11 is 3.44. The van der Waals surface area contributed by atoms with Crippen LogP contribution in [0.25, 0.3) is 0 Å². The van der Waals surface area contributed by atoms with Crippen molar-refractivity contribution in [2.24, 2.45) is 0 Å². The molecule has 2 N–H and O–H groups in total. The third kappa shape index (κ3) is 5.19. The number of amides is 1. The number of hydrogen-bond donors (Lipinski definition) is 2. The van der Waals surface area contributed by atoms with E-state index in [4.69, 9.17) is 4.74 Å². The van der Waals surface area contributed by atoms with Gasteiger partial charge < -0.3 is 15.4 Å². The molecule has 1 amide bonds. The first-order valence-electron chi connectivity index (χ1n) is 5.41. The molecule has 0 bridgehead atoms. The maximum atomic E-state index is 10.6. The smallest absolute Gasteiger partial charge is 0.216 e. The zero-order valence-corrected chi connectivity index (χ0v) is 11.6. The molecule has 5 heteroatoms. The highest BCUT2D eigenvalue weighted by Crippen LogP contribution is 2.25. The Labute approximate surface area is 110 Å². The normalized spacial score (nSPS) is 10.1. The third-order valence-electron chi connectivity index (χ3n) is 2.22. The maximum absolute atomic E-state index is 10.6. The van der Waals surface area contributed by atoms with E-state index >= 15 is 0 Å². The van der Waals surface area contributed by atoms with Crippen LogP contribution in [0, 0.1) is 0 Å². The summed E-state index contributed by atoms with van der Waals surface area (Å²) in [6.07, 6.45) is 0. The van der Waals surface area contributed by atoms with Crippen molar-refractivity contribution >= 4 is 21.8 Å². The average Bonchev–Trinajstić information content (AvgIpc) is 2.28. The van der Waals surface area contributed by atoms with Gasteiger partial charge in [-0.3, -0.25) is 4.79 Å². The second kappa shape index (κ2) is 7.29. The highest BCUT2D eigenvalue weighted by atomic mass is 79.9. The molecule has 1 aromatic carbocycles. The Kier molecular flexibility index (Phi) is 6.00. The van der Waals surface area contributed by atoms with Gasteiger partial charge in [0.2, 0.25) is 5.91 Å². The highest BCUT2D eigenvalue weighted by Gasteiger charge is 2.00. The lowest BCUT2D eigenvalue weighted by molar-refractivity contribution is -0.118. The second-order valence-corrected chi connectivity index (χ2v) is 4.48. The van der Waals surface area contributed by atoms with E-state index in [-0.39, 0.29) is 5.91 Å². The average molecular weight is 301 g/mol. The molecule has 0 saturated carbocycles. The van der Waals surface area contributed by atoms with Crippen molar-refractivity contribution in [3.63, 3.8) is 0 Å². The first-order chi connectivity index (χ1) is 8.13. The van der Waals surface area contributed by atoms with E-state index in [0.29, 0.717) is 6.54 Å². The van der Waals surface area contributed by atoms with Crippen LogP contribution in [0.5, 0.6) is 5.75 Å².